The second-order valence-electron chi connectivity index (χ2n) is 11.1. The Morgan fingerprint density at radius 3 is 1.90 bits per heavy atom. The Bertz CT molecular complexity index is 581. The van der Waals surface area contributed by atoms with Crippen LogP contribution >= 0.6 is 0 Å². The quantitative estimate of drug-likeness (QED) is 0.106. The summed E-state index contributed by atoms with van der Waals surface area (Å²) in [4.78, 5) is 12.4. The molecule has 6 atom stereocenters. The minimum Gasteiger partial charge on any atom is -0.394 e. The van der Waals surface area contributed by atoms with E-state index in [2.05, 4.69) is 12.2 Å². The van der Waals surface area contributed by atoms with Gasteiger partial charge in [0, 0.05) is 13.0 Å². The van der Waals surface area contributed by atoms with Crippen LogP contribution in [0.2, 0.25) is 0 Å². The van der Waals surface area contributed by atoms with Crippen molar-refractivity contribution in [2.24, 2.45) is 0 Å². The predicted octanol–water partition coefficient (Wildman–Crippen LogP) is 3.98. The lowest BCUT2D eigenvalue weighted by atomic mass is 9.96. The maximum absolute atomic E-state index is 12.4. The van der Waals surface area contributed by atoms with Crippen molar-refractivity contribution in [1.82, 2.24) is 5.32 Å². The zero-order valence-corrected chi connectivity index (χ0v) is 24.7. The number of carbonyl (C=O) groups excluding carboxylic acids is 1. The van der Waals surface area contributed by atoms with E-state index in [4.69, 9.17) is 19.3 Å². The van der Waals surface area contributed by atoms with Gasteiger partial charge >= 0.3 is 0 Å². The summed E-state index contributed by atoms with van der Waals surface area (Å²) in [6.07, 6.45) is 14.2. The number of aliphatic hydroxyl groups excluding tert-OH is 4. The molecule has 0 aromatic carbocycles. The number of unbranched alkanes of at least 4 members (excludes halogenated alkanes) is 14. The first-order valence-corrected chi connectivity index (χ1v) is 15.7. The van der Waals surface area contributed by atoms with Crippen molar-refractivity contribution in [1.29, 1.82) is 0 Å². The van der Waals surface area contributed by atoms with Gasteiger partial charge in [-0.2, -0.15) is 0 Å². The molecule has 0 saturated carbocycles. The molecule has 1 heterocycles. The first-order chi connectivity index (χ1) is 18.9. The predicted molar refractivity (Wildman–Crippen MR) is 152 cm³/mol. The largest absolute Gasteiger partial charge is 0.394 e. The van der Waals surface area contributed by atoms with Crippen molar-refractivity contribution in [3.63, 3.8) is 0 Å². The van der Waals surface area contributed by atoms with Crippen LogP contribution in [0.5, 0.6) is 0 Å². The number of amides is 1. The van der Waals surface area contributed by atoms with E-state index in [0.717, 1.165) is 32.1 Å². The molecule has 1 saturated heterocycles. The maximum Gasteiger partial charge on any atom is 0.220 e. The lowest BCUT2D eigenvalue weighted by molar-refractivity contribution is -0.273. The summed E-state index contributed by atoms with van der Waals surface area (Å²) in [5, 5.41) is 42.5. The third kappa shape index (κ3) is 16.9. The molecule has 1 fully saturated rings. The molecule has 0 spiro atoms. The summed E-state index contributed by atoms with van der Waals surface area (Å²) < 4.78 is 17.2. The Balaban J connectivity index is 2.34. The second-order valence-corrected chi connectivity index (χ2v) is 11.1. The van der Waals surface area contributed by atoms with Gasteiger partial charge in [0.25, 0.3) is 0 Å². The van der Waals surface area contributed by atoms with Gasteiger partial charge < -0.3 is 40.0 Å². The summed E-state index contributed by atoms with van der Waals surface area (Å²) in [6, 6.07) is -0.893. The van der Waals surface area contributed by atoms with Gasteiger partial charge in [-0.25, -0.2) is 0 Å². The number of hydrogen-bond donors (Lipinski definition) is 5. The van der Waals surface area contributed by atoms with Gasteiger partial charge in [0.15, 0.2) is 6.29 Å². The van der Waals surface area contributed by atoms with Gasteiger partial charge in [-0.05, 0) is 12.8 Å². The van der Waals surface area contributed by atoms with E-state index in [1.165, 1.54) is 70.6 Å². The molecule has 1 amide bonds. The van der Waals surface area contributed by atoms with E-state index < -0.39 is 43.4 Å². The molecule has 0 aliphatic carbocycles. The van der Waals surface area contributed by atoms with Gasteiger partial charge in [0.2, 0.25) is 5.91 Å². The normalized spacial score (nSPS) is 24.1. The highest BCUT2D eigenvalue weighted by atomic mass is 16.7. The molecule has 1 aliphatic rings. The van der Waals surface area contributed by atoms with Crippen molar-refractivity contribution in [3.05, 3.63) is 0 Å². The fraction of sp³-hybridized carbons (Fsp3) is 0.967. The highest BCUT2D eigenvalue weighted by molar-refractivity contribution is 5.76. The first-order valence-electron chi connectivity index (χ1n) is 15.7. The summed E-state index contributed by atoms with van der Waals surface area (Å²) in [7, 11) is 0. The number of nitrogens with one attached hydrogen (secondary N) is 1. The number of aliphatic hydroxyl groups is 4. The van der Waals surface area contributed by atoms with E-state index >= 15 is 0 Å². The van der Waals surface area contributed by atoms with Crippen LogP contribution in [-0.2, 0) is 19.0 Å². The summed E-state index contributed by atoms with van der Waals surface area (Å²) in [6.45, 7) is 4.02. The number of rotatable bonds is 25. The van der Waals surface area contributed by atoms with Crippen LogP contribution < -0.4 is 5.32 Å². The Kier molecular flexibility index (Phi) is 22.1. The molecule has 1 aliphatic heterocycles. The second kappa shape index (κ2) is 23.9. The average Bonchev–Trinajstić information content (AvgIpc) is 2.93. The Hall–Kier alpha value is -0.810. The van der Waals surface area contributed by atoms with Crippen LogP contribution in [0, 0.1) is 0 Å². The molecule has 1 rings (SSSR count). The lowest BCUT2D eigenvalue weighted by Crippen LogP contribution is -2.65. The number of hydrogen-bond acceptors (Lipinski definition) is 8. The molecule has 39 heavy (non-hydrogen) atoms. The van der Waals surface area contributed by atoms with Crippen molar-refractivity contribution in [3.8, 4) is 0 Å². The Labute approximate surface area is 237 Å². The molecule has 0 bridgehead atoms. The molecule has 5 N–H and O–H groups in total. The molecule has 0 radical (unpaired) electrons. The maximum atomic E-state index is 12.4. The molecule has 0 aromatic rings. The third-order valence-corrected chi connectivity index (χ3v) is 7.37. The van der Waals surface area contributed by atoms with Gasteiger partial charge in [0.05, 0.1) is 19.8 Å². The standard InChI is InChI=1S/C30H59NO8/c1-3-5-7-8-9-10-11-12-13-14-15-16-17-18-20-38-30-27(31-26(34)19-6-4-2)29(36)28(35)25(39-30)23-37-22-24(33)21-32/h24-25,27-30,32-33,35-36H,3-23H2,1-2H3,(H,31,34)/t24-,25-,27-,28-,29-,30+/m1/s1. The number of carbonyl (C=O) groups is 1. The molecule has 9 nitrogen and oxygen atoms in total. The Morgan fingerprint density at radius 2 is 1.36 bits per heavy atom. The van der Waals surface area contributed by atoms with E-state index in [1.807, 2.05) is 6.92 Å². The zero-order valence-electron chi connectivity index (χ0n) is 24.7. The van der Waals surface area contributed by atoms with E-state index in [-0.39, 0.29) is 19.1 Å². The molecular formula is C30H59NO8. The van der Waals surface area contributed by atoms with Crippen LogP contribution in [0.1, 0.15) is 123 Å². The third-order valence-electron chi connectivity index (χ3n) is 7.37. The van der Waals surface area contributed by atoms with Gasteiger partial charge in [0.1, 0.15) is 30.5 Å². The van der Waals surface area contributed by atoms with Crippen LogP contribution in [-0.4, -0.2) is 89.5 Å². The monoisotopic (exact) mass is 561 g/mol. The van der Waals surface area contributed by atoms with E-state index in [9.17, 15) is 20.1 Å². The smallest absolute Gasteiger partial charge is 0.220 e. The van der Waals surface area contributed by atoms with Crippen LogP contribution in [0.3, 0.4) is 0 Å². The van der Waals surface area contributed by atoms with E-state index in [1.54, 1.807) is 0 Å². The first kappa shape index (κ1) is 36.2. The lowest BCUT2D eigenvalue weighted by Gasteiger charge is -2.42. The van der Waals surface area contributed by atoms with Gasteiger partial charge in [-0.15, -0.1) is 0 Å². The molecule has 9 heteroatoms. The Morgan fingerprint density at radius 1 is 0.821 bits per heavy atom. The zero-order chi connectivity index (χ0) is 28.7. The van der Waals surface area contributed by atoms with Crippen LogP contribution in [0.4, 0.5) is 0 Å². The van der Waals surface area contributed by atoms with E-state index in [0.29, 0.717) is 13.0 Å². The molecule has 232 valence electrons. The number of ether oxygens (including phenoxy) is 3. The highest BCUT2D eigenvalue weighted by Crippen LogP contribution is 2.23. The molecule has 0 aromatic heterocycles. The van der Waals surface area contributed by atoms with Crippen LogP contribution in [0.25, 0.3) is 0 Å². The SMILES string of the molecule is CCCCCCCCCCCCCCCCO[C@H]1O[C@H](COC[C@H](O)CO)[C@@H](O)[C@H](O)[C@H]1NC(=O)CCCC. The van der Waals surface area contributed by atoms with Gasteiger partial charge in [-0.3, -0.25) is 4.79 Å². The molecule has 0 unspecified atom stereocenters. The average molecular weight is 562 g/mol. The minimum absolute atomic E-state index is 0.0928. The summed E-state index contributed by atoms with van der Waals surface area (Å²) in [5.41, 5.74) is 0. The fourth-order valence-corrected chi connectivity index (χ4v) is 4.83. The summed E-state index contributed by atoms with van der Waals surface area (Å²) >= 11 is 0. The van der Waals surface area contributed by atoms with Crippen molar-refractivity contribution < 1.29 is 39.4 Å². The fourth-order valence-electron chi connectivity index (χ4n) is 4.83. The van der Waals surface area contributed by atoms with Crippen LogP contribution in [0.15, 0.2) is 0 Å². The van der Waals surface area contributed by atoms with Crippen molar-refractivity contribution >= 4 is 5.91 Å². The topological polar surface area (TPSA) is 138 Å². The van der Waals surface area contributed by atoms with Crippen molar-refractivity contribution in [2.75, 3.05) is 26.4 Å². The molecular weight excluding hydrogens is 502 g/mol. The van der Waals surface area contributed by atoms with Gasteiger partial charge in [-0.1, -0.05) is 104 Å². The highest BCUT2D eigenvalue weighted by Gasteiger charge is 2.45. The summed E-state index contributed by atoms with van der Waals surface area (Å²) in [5.74, 6) is -0.220. The minimum atomic E-state index is -1.30. The van der Waals surface area contributed by atoms with Crippen molar-refractivity contribution in [2.45, 2.75) is 160 Å².